The molecule has 6 heteroatoms. The lowest BCUT2D eigenvalue weighted by atomic mass is 9.96. The summed E-state index contributed by atoms with van der Waals surface area (Å²) in [5.41, 5.74) is 0.617. The molecule has 130 valence electrons. The van der Waals surface area contributed by atoms with E-state index >= 15 is 0 Å². The van der Waals surface area contributed by atoms with Crippen LogP contribution < -0.4 is 15.5 Å². The van der Waals surface area contributed by atoms with Crippen molar-refractivity contribution in [3.63, 3.8) is 0 Å². The number of ether oxygens (including phenoxy) is 1. The lowest BCUT2D eigenvalue weighted by molar-refractivity contribution is 0.0980. The zero-order valence-electron chi connectivity index (χ0n) is 13.7. The van der Waals surface area contributed by atoms with Crippen LogP contribution in [0.1, 0.15) is 32.1 Å². The van der Waals surface area contributed by atoms with E-state index < -0.39 is 0 Å². The Balaban J connectivity index is 1.31. The number of hydrogen-bond donors (Lipinski definition) is 2. The van der Waals surface area contributed by atoms with Crippen molar-refractivity contribution in [3.05, 3.63) is 30.1 Å². The summed E-state index contributed by atoms with van der Waals surface area (Å²) in [6.45, 7) is 1.46. The van der Waals surface area contributed by atoms with Crippen LogP contribution in [0.2, 0.25) is 0 Å². The fourth-order valence-corrected chi connectivity index (χ4v) is 4.21. The van der Waals surface area contributed by atoms with Crippen molar-refractivity contribution >= 4 is 11.7 Å². The van der Waals surface area contributed by atoms with Gasteiger partial charge in [0.1, 0.15) is 5.82 Å². The summed E-state index contributed by atoms with van der Waals surface area (Å²) >= 11 is 0. The van der Waals surface area contributed by atoms with Gasteiger partial charge in [0, 0.05) is 19.1 Å². The lowest BCUT2D eigenvalue weighted by Gasteiger charge is -2.35. The Kier molecular flexibility index (Phi) is 4.31. The van der Waals surface area contributed by atoms with Gasteiger partial charge in [-0.25, -0.2) is 9.18 Å². The molecule has 0 aliphatic carbocycles. The molecule has 3 fully saturated rings. The molecular weight excluding hydrogens is 309 g/mol. The maximum atomic E-state index is 14.0. The largest absolute Gasteiger partial charge is 0.373 e. The van der Waals surface area contributed by atoms with E-state index in [0.29, 0.717) is 18.3 Å². The molecule has 0 unspecified atom stereocenters. The number of piperidine rings is 1. The second kappa shape index (κ2) is 6.59. The number of urea groups is 1. The van der Waals surface area contributed by atoms with Crippen molar-refractivity contribution in [2.75, 3.05) is 18.0 Å². The number of hydrogen-bond acceptors (Lipinski definition) is 3. The summed E-state index contributed by atoms with van der Waals surface area (Å²) in [6, 6.07) is 6.86. The van der Waals surface area contributed by atoms with E-state index in [9.17, 15) is 9.18 Å². The average molecular weight is 333 g/mol. The highest BCUT2D eigenvalue weighted by Gasteiger charge is 2.41. The molecule has 2 amide bonds. The van der Waals surface area contributed by atoms with E-state index in [-0.39, 0.29) is 30.0 Å². The summed E-state index contributed by atoms with van der Waals surface area (Å²) in [5, 5.41) is 6.11. The van der Waals surface area contributed by atoms with Crippen LogP contribution in [0.5, 0.6) is 0 Å². The van der Waals surface area contributed by atoms with E-state index in [2.05, 4.69) is 10.6 Å². The number of nitrogens with zero attached hydrogens (tertiary/aromatic N) is 1. The molecule has 0 radical (unpaired) electrons. The highest BCUT2D eigenvalue weighted by atomic mass is 19.1. The molecule has 1 aromatic carbocycles. The molecule has 5 nitrogen and oxygen atoms in total. The zero-order chi connectivity index (χ0) is 16.5. The summed E-state index contributed by atoms with van der Waals surface area (Å²) in [5.74, 6) is -0.207. The van der Waals surface area contributed by atoms with Gasteiger partial charge in [0.15, 0.2) is 0 Å². The SMILES string of the molecule is O=C(N[C@@H]1CCCN(c2ccccc2F)C1)N[C@@H]1C[C@H]2CC[C@@H]1O2. The molecule has 1 aromatic rings. The number of carbonyl (C=O) groups excluding carboxylic acids is 1. The van der Waals surface area contributed by atoms with Gasteiger partial charge in [0.25, 0.3) is 0 Å². The minimum Gasteiger partial charge on any atom is -0.373 e. The van der Waals surface area contributed by atoms with Crippen molar-refractivity contribution < 1.29 is 13.9 Å². The Hall–Kier alpha value is -1.82. The molecule has 4 rings (SSSR count). The van der Waals surface area contributed by atoms with E-state index in [1.807, 2.05) is 11.0 Å². The lowest BCUT2D eigenvalue weighted by Crippen LogP contribution is -2.53. The minimum absolute atomic E-state index is 0.0397. The van der Waals surface area contributed by atoms with Gasteiger partial charge in [-0.15, -0.1) is 0 Å². The predicted octanol–water partition coefficient (Wildman–Crippen LogP) is 2.41. The summed E-state index contributed by atoms with van der Waals surface area (Å²) < 4.78 is 19.7. The Bertz CT molecular complexity index is 612. The Morgan fingerprint density at radius 3 is 2.83 bits per heavy atom. The van der Waals surface area contributed by atoms with Crippen LogP contribution in [0.25, 0.3) is 0 Å². The third-order valence-electron chi connectivity index (χ3n) is 5.37. The van der Waals surface area contributed by atoms with Gasteiger partial charge in [0.2, 0.25) is 0 Å². The fourth-order valence-electron chi connectivity index (χ4n) is 4.21. The predicted molar refractivity (Wildman–Crippen MR) is 89.6 cm³/mol. The number of anilines is 1. The summed E-state index contributed by atoms with van der Waals surface area (Å²) in [7, 11) is 0. The van der Waals surface area contributed by atoms with Crippen molar-refractivity contribution in [1.29, 1.82) is 0 Å². The molecule has 0 saturated carbocycles. The summed E-state index contributed by atoms with van der Waals surface area (Å²) in [4.78, 5) is 14.3. The molecule has 2 bridgehead atoms. The van der Waals surface area contributed by atoms with Crippen LogP contribution in [0.3, 0.4) is 0 Å². The van der Waals surface area contributed by atoms with Crippen LogP contribution in [-0.4, -0.2) is 43.4 Å². The number of halogens is 1. The molecule has 0 spiro atoms. The standard InChI is InChI=1S/C18H24FN3O2/c19-14-5-1-2-6-16(14)22-9-3-4-12(11-22)20-18(23)21-15-10-13-7-8-17(15)24-13/h1-2,5-6,12-13,15,17H,3-4,7-11H2,(H2,20,21,23)/t12-,13-,15-,17+/m1/s1. The van der Waals surface area contributed by atoms with E-state index in [1.165, 1.54) is 6.07 Å². The maximum absolute atomic E-state index is 14.0. The normalized spacial score (nSPS) is 32.0. The monoisotopic (exact) mass is 333 g/mol. The Labute approximate surface area is 141 Å². The first-order valence-corrected chi connectivity index (χ1v) is 8.91. The van der Waals surface area contributed by atoms with Crippen molar-refractivity contribution in [1.82, 2.24) is 10.6 Å². The van der Waals surface area contributed by atoms with Gasteiger partial charge < -0.3 is 20.3 Å². The van der Waals surface area contributed by atoms with Gasteiger partial charge >= 0.3 is 6.03 Å². The molecule has 3 aliphatic heterocycles. The molecule has 3 heterocycles. The van der Waals surface area contributed by atoms with Gasteiger partial charge in [-0.3, -0.25) is 0 Å². The van der Waals surface area contributed by atoms with Crippen LogP contribution in [0.4, 0.5) is 14.9 Å². The smallest absolute Gasteiger partial charge is 0.315 e. The Morgan fingerprint density at radius 1 is 1.21 bits per heavy atom. The topological polar surface area (TPSA) is 53.6 Å². The number of para-hydroxylation sites is 1. The molecule has 0 aromatic heterocycles. The molecule has 3 saturated heterocycles. The van der Waals surface area contributed by atoms with Crippen molar-refractivity contribution in [2.24, 2.45) is 0 Å². The number of amides is 2. The summed E-state index contributed by atoms with van der Waals surface area (Å²) in [6.07, 6.45) is 5.45. The number of rotatable bonds is 3. The van der Waals surface area contributed by atoms with Crippen LogP contribution in [0.15, 0.2) is 24.3 Å². The average Bonchev–Trinajstić information content (AvgIpc) is 3.18. The number of benzene rings is 1. The number of carbonyl (C=O) groups is 1. The first kappa shape index (κ1) is 15.7. The molecule has 2 N–H and O–H groups in total. The Morgan fingerprint density at radius 2 is 2.08 bits per heavy atom. The van der Waals surface area contributed by atoms with Crippen molar-refractivity contribution in [2.45, 2.75) is 56.4 Å². The minimum atomic E-state index is -0.207. The van der Waals surface area contributed by atoms with Gasteiger partial charge in [-0.05, 0) is 44.2 Å². The quantitative estimate of drug-likeness (QED) is 0.893. The first-order chi connectivity index (χ1) is 11.7. The zero-order valence-corrected chi connectivity index (χ0v) is 13.7. The van der Waals surface area contributed by atoms with E-state index in [0.717, 1.165) is 38.6 Å². The highest BCUT2D eigenvalue weighted by Crippen LogP contribution is 2.34. The van der Waals surface area contributed by atoms with Crippen molar-refractivity contribution in [3.8, 4) is 0 Å². The number of nitrogens with one attached hydrogen (secondary N) is 2. The molecule has 4 atom stereocenters. The fraction of sp³-hybridized carbons (Fsp3) is 0.611. The second-order valence-electron chi connectivity index (χ2n) is 7.07. The van der Waals surface area contributed by atoms with Gasteiger partial charge in [-0.1, -0.05) is 12.1 Å². The molecule has 24 heavy (non-hydrogen) atoms. The second-order valence-corrected chi connectivity index (χ2v) is 7.07. The maximum Gasteiger partial charge on any atom is 0.315 e. The molecule has 3 aliphatic rings. The van der Waals surface area contributed by atoms with Gasteiger partial charge in [0.05, 0.1) is 23.9 Å². The first-order valence-electron chi connectivity index (χ1n) is 8.91. The number of fused-ring (bicyclic) bond motifs is 2. The third kappa shape index (κ3) is 3.20. The van der Waals surface area contributed by atoms with Crippen LogP contribution in [-0.2, 0) is 4.74 Å². The van der Waals surface area contributed by atoms with Crippen LogP contribution in [0, 0.1) is 5.82 Å². The van der Waals surface area contributed by atoms with E-state index in [4.69, 9.17) is 4.74 Å². The van der Waals surface area contributed by atoms with E-state index in [1.54, 1.807) is 12.1 Å². The molecular formula is C18H24FN3O2. The third-order valence-corrected chi connectivity index (χ3v) is 5.37. The van der Waals surface area contributed by atoms with Gasteiger partial charge in [-0.2, -0.15) is 0 Å². The van der Waals surface area contributed by atoms with Crippen LogP contribution >= 0.6 is 0 Å². The highest BCUT2D eigenvalue weighted by molar-refractivity contribution is 5.75.